The zero-order valence-corrected chi connectivity index (χ0v) is 17.7. The number of aryl methyl sites for hydroxylation is 2. The number of rotatable bonds is 7. The molecule has 1 amide bonds. The summed E-state index contributed by atoms with van der Waals surface area (Å²) in [4.78, 5) is 16.7. The quantitative estimate of drug-likeness (QED) is 0.718. The van der Waals surface area contributed by atoms with Gasteiger partial charge < -0.3 is 19.1 Å². The Labute approximate surface area is 173 Å². The summed E-state index contributed by atoms with van der Waals surface area (Å²) in [7, 11) is 3.34. The third-order valence-corrected chi connectivity index (χ3v) is 5.45. The third kappa shape index (κ3) is 5.41. The predicted octanol–water partition coefficient (Wildman–Crippen LogP) is 3.04. The number of carbonyl (C=O) groups excluding carboxylic acids is 1. The highest BCUT2D eigenvalue weighted by Gasteiger charge is 2.22. The second-order valence-corrected chi connectivity index (χ2v) is 7.37. The number of methoxy groups -OCH3 is 2. The van der Waals surface area contributed by atoms with Gasteiger partial charge in [0.25, 0.3) is 5.91 Å². The van der Waals surface area contributed by atoms with Crippen molar-refractivity contribution in [3.63, 3.8) is 0 Å². The van der Waals surface area contributed by atoms with Gasteiger partial charge in [-0.15, -0.1) is 0 Å². The summed E-state index contributed by atoms with van der Waals surface area (Å²) in [5.74, 6) is 2.44. The van der Waals surface area contributed by atoms with Gasteiger partial charge in [0, 0.05) is 38.3 Å². The first-order chi connectivity index (χ1) is 14.0. The summed E-state index contributed by atoms with van der Waals surface area (Å²) < 4.78 is 16.5. The molecule has 0 bridgehead atoms. The van der Waals surface area contributed by atoms with E-state index in [1.54, 1.807) is 14.2 Å². The lowest BCUT2D eigenvalue weighted by Crippen LogP contribution is -2.49. The Morgan fingerprint density at radius 1 is 0.897 bits per heavy atom. The minimum atomic E-state index is 0.0295. The zero-order valence-electron chi connectivity index (χ0n) is 17.7. The van der Waals surface area contributed by atoms with Crippen LogP contribution in [0.3, 0.4) is 0 Å². The predicted molar refractivity (Wildman–Crippen MR) is 113 cm³/mol. The van der Waals surface area contributed by atoms with Crippen molar-refractivity contribution in [2.24, 2.45) is 0 Å². The van der Waals surface area contributed by atoms with Gasteiger partial charge in [0.15, 0.2) is 6.61 Å². The van der Waals surface area contributed by atoms with Crippen LogP contribution in [0.2, 0.25) is 0 Å². The summed E-state index contributed by atoms with van der Waals surface area (Å²) in [6.07, 6.45) is 0. The summed E-state index contributed by atoms with van der Waals surface area (Å²) >= 11 is 0. The normalized spacial score (nSPS) is 14.6. The molecule has 6 nitrogen and oxygen atoms in total. The van der Waals surface area contributed by atoms with E-state index in [0.29, 0.717) is 13.1 Å². The fraction of sp³-hybridized carbons (Fsp3) is 0.435. The lowest BCUT2D eigenvalue weighted by molar-refractivity contribution is -0.135. The fourth-order valence-corrected chi connectivity index (χ4v) is 3.44. The average Bonchev–Trinajstić information content (AvgIpc) is 2.74. The first-order valence-electron chi connectivity index (χ1n) is 9.91. The second-order valence-electron chi connectivity index (χ2n) is 7.37. The largest absolute Gasteiger partial charge is 0.497 e. The Morgan fingerprint density at radius 2 is 1.62 bits per heavy atom. The van der Waals surface area contributed by atoms with Gasteiger partial charge in [-0.05, 0) is 55.3 Å². The van der Waals surface area contributed by atoms with Crippen LogP contribution in [-0.4, -0.2) is 62.7 Å². The molecule has 29 heavy (non-hydrogen) atoms. The maximum absolute atomic E-state index is 12.5. The number of carbonyl (C=O) groups is 1. The molecule has 1 saturated heterocycles. The minimum Gasteiger partial charge on any atom is -0.497 e. The first kappa shape index (κ1) is 21.0. The molecule has 1 aliphatic rings. The summed E-state index contributed by atoms with van der Waals surface area (Å²) in [5, 5.41) is 0. The average molecular weight is 399 g/mol. The summed E-state index contributed by atoms with van der Waals surface area (Å²) in [6, 6.07) is 11.7. The Kier molecular flexibility index (Phi) is 6.99. The van der Waals surface area contributed by atoms with Crippen LogP contribution in [0.25, 0.3) is 0 Å². The van der Waals surface area contributed by atoms with Crippen LogP contribution in [0, 0.1) is 13.8 Å². The lowest BCUT2D eigenvalue weighted by atomic mass is 10.1. The van der Waals surface area contributed by atoms with E-state index in [-0.39, 0.29) is 12.5 Å². The van der Waals surface area contributed by atoms with Gasteiger partial charge in [0.05, 0.1) is 14.2 Å². The Balaban J connectivity index is 1.50. The molecule has 6 heteroatoms. The minimum absolute atomic E-state index is 0.0295. The van der Waals surface area contributed by atoms with Crippen molar-refractivity contribution >= 4 is 5.91 Å². The van der Waals surface area contributed by atoms with E-state index in [1.165, 1.54) is 5.56 Å². The second kappa shape index (κ2) is 9.65. The maximum atomic E-state index is 12.5. The highest BCUT2D eigenvalue weighted by molar-refractivity contribution is 5.77. The lowest BCUT2D eigenvalue weighted by Gasteiger charge is -2.35. The molecular weight excluding hydrogens is 368 g/mol. The van der Waals surface area contributed by atoms with Gasteiger partial charge in [-0.2, -0.15) is 0 Å². The maximum Gasteiger partial charge on any atom is 0.260 e. The fourth-order valence-electron chi connectivity index (χ4n) is 3.44. The monoisotopic (exact) mass is 398 g/mol. The van der Waals surface area contributed by atoms with Crippen LogP contribution in [0.4, 0.5) is 0 Å². The van der Waals surface area contributed by atoms with E-state index in [0.717, 1.165) is 48.0 Å². The molecule has 0 N–H and O–H groups in total. The van der Waals surface area contributed by atoms with E-state index in [2.05, 4.69) is 11.8 Å². The first-order valence-corrected chi connectivity index (χ1v) is 9.91. The van der Waals surface area contributed by atoms with Crippen molar-refractivity contribution in [2.45, 2.75) is 20.4 Å². The standard InChI is InChI=1S/C23H30N2O4/c1-17-5-6-21(13-18(17)2)29-16-23(26)25-11-9-24(10-12-25)15-19-14-20(27-3)7-8-22(19)28-4/h5-8,13-14H,9-12,15-16H2,1-4H3. The Morgan fingerprint density at radius 3 is 2.28 bits per heavy atom. The van der Waals surface area contributed by atoms with Gasteiger partial charge in [-0.25, -0.2) is 0 Å². The van der Waals surface area contributed by atoms with Gasteiger partial charge in [-0.3, -0.25) is 9.69 Å². The molecule has 2 aromatic rings. The molecule has 1 aliphatic heterocycles. The van der Waals surface area contributed by atoms with Crippen molar-refractivity contribution in [1.82, 2.24) is 9.80 Å². The summed E-state index contributed by atoms with van der Waals surface area (Å²) in [5.41, 5.74) is 3.47. The van der Waals surface area contributed by atoms with Crippen LogP contribution in [-0.2, 0) is 11.3 Å². The van der Waals surface area contributed by atoms with Crippen LogP contribution in [0.5, 0.6) is 17.2 Å². The molecule has 0 spiro atoms. The number of benzene rings is 2. The summed E-state index contributed by atoms with van der Waals surface area (Å²) in [6.45, 7) is 7.97. The topological polar surface area (TPSA) is 51.2 Å². The van der Waals surface area contributed by atoms with E-state index >= 15 is 0 Å². The molecule has 0 aromatic heterocycles. The number of ether oxygens (including phenoxy) is 3. The van der Waals surface area contributed by atoms with Gasteiger partial charge in [0.2, 0.25) is 0 Å². The van der Waals surface area contributed by atoms with Crippen LogP contribution >= 0.6 is 0 Å². The van der Waals surface area contributed by atoms with E-state index in [9.17, 15) is 4.79 Å². The molecule has 0 radical (unpaired) electrons. The van der Waals surface area contributed by atoms with Crippen molar-refractivity contribution in [1.29, 1.82) is 0 Å². The molecule has 3 rings (SSSR count). The Hall–Kier alpha value is -2.73. The van der Waals surface area contributed by atoms with Crippen LogP contribution in [0.1, 0.15) is 16.7 Å². The van der Waals surface area contributed by atoms with E-state index < -0.39 is 0 Å². The molecule has 1 fully saturated rings. The smallest absolute Gasteiger partial charge is 0.260 e. The molecule has 0 unspecified atom stereocenters. The van der Waals surface area contributed by atoms with Crippen molar-refractivity contribution in [3.8, 4) is 17.2 Å². The van der Waals surface area contributed by atoms with Gasteiger partial charge >= 0.3 is 0 Å². The zero-order chi connectivity index (χ0) is 20.8. The molecule has 156 valence electrons. The molecule has 1 heterocycles. The number of piperazine rings is 1. The van der Waals surface area contributed by atoms with Gasteiger partial charge in [-0.1, -0.05) is 6.07 Å². The molecule has 0 atom stereocenters. The number of nitrogens with zero attached hydrogens (tertiary/aromatic N) is 2. The van der Waals surface area contributed by atoms with E-state index in [4.69, 9.17) is 14.2 Å². The van der Waals surface area contributed by atoms with E-state index in [1.807, 2.05) is 48.2 Å². The molecule has 0 aliphatic carbocycles. The van der Waals surface area contributed by atoms with Crippen molar-refractivity contribution < 1.29 is 19.0 Å². The highest BCUT2D eigenvalue weighted by Crippen LogP contribution is 2.25. The molecular formula is C23H30N2O4. The Bertz CT molecular complexity index is 845. The van der Waals surface area contributed by atoms with Crippen molar-refractivity contribution in [2.75, 3.05) is 47.0 Å². The highest BCUT2D eigenvalue weighted by atomic mass is 16.5. The van der Waals surface area contributed by atoms with Gasteiger partial charge in [0.1, 0.15) is 17.2 Å². The SMILES string of the molecule is COc1ccc(OC)c(CN2CCN(C(=O)COc3ccc(C)c(C)c3)CC2)c1. The number of amides is 1. The van der Waals surface area contributed by atoms with Crippen molar-refractivity contribution in [3.05, 3.63) is 53.1 Å². The third-order valence-electron chi connectivity index (χ3n) is 5.45. The van der Waals surface area contributed by atoms with Crippen LogP contribution in [0.15, 0.2) is 36.4 Å². The molecule has 2 aromatic carbocycles. The number of hydrogen-bond acceptors (Lipinski definition) is 5. The van der Waals surface area contributed by atoms with Crippen LogP contribution < -0.4 is 14.2 Å². The number of hydrogen-bond donors (Lipinski definition) is 0. The molecule has 0 saturated carbocycles.